The van der Waals surface area contributed by atoms with Crippen molar-refractivity contribution in [2.75, 3.05) is 20.1 Å². The van der Waals surface area contributed by atoms with E-state index in [2.05, 4.69) is 0 Å². The third-order valence-corrected chi connectivity index (χ3v) is 4.75. The fourth-order valence-corrected chi connectivity index (χ4v) is 3.29. The van der Waals surface area contributed by atoms with Crippen molar-refractivity contribution in [3.63, 3.8) is 0 Å². The Balaban J connectivity index is 1.64. The van der Waals surface area contributed by atoms with Crippen molar-refractivity contribution < 1.29 is 18.7 Å². The molecule has 5 nitrogen and oxygen atoms in total. The summed E-state index contributed by atoms with van der Waals surface area (Å²) in [6.07, 6.45) is 1.60. The standard InChI is InChI=1S/C16H17FN2O3/c1-18-12-7-19(15(20)9-2-3-9)8-14(12)22-13-6-10(17)4-5-11(13)16(18)21/h4-6,9,12,14H,2-3,7-8H2,1H3. The molecule has 2 atom stereocenters. The summed E-state index contributed by atoms with van der Waals surface area (Å²) in [7, 11) is 1.72. The average molecular weight is 304 g/mol. The fraction of sp³-hybridized carbons (Fsp3) is 0.500. The van der Waals surface area contributed by atoms with Crippen LogP contribution in [0.5, 0.6) is 5.75 Å². The van der Waals surface area contributed by atoms with Crippen molar-refractivity contribution in [2.24, 2.45) is 5.92 Å². The van der Waals surface area contributed by atoms with E-state index in [0.717, 1.165) is 12.8 Å². The summed E-state index contributed by atoms with van der Waals surface area (Å²) in [5, 5.41) is 0. The van der Waals surface area contributed by atoms with E-state index in [4.69, 9.17) is 4.74 Å². The highest BCUT2D eigenvalue weighted by Gasteiger charge is 2.46. The number of hydrogen-bond acceptors (Lipinski definition) is 3. The second-order valence-corrected chi connectivity index (χ2v) is 6.30. The number of carbonyl (C=O) groups excluding carboxylic acids is 2. The van der Waals surface area contributed by atoms with Gasteiger partial charge in [0.15, 0.2) is 0 Å². The van der Waals surface area contributed by atoms with Crippen LogP contribution in [0.15, 0.2) is 18.2 Å². The Morgan fingerprint density at radius 3 is 2.82 bits per heavy atom. The quantitative estimate of drug-likeness (QED) is 0.785. The van der Waals surface area contributed by atoms with Gasteiger partial charge in [-0.2, -0.15) is 0 Å². The van der Waals surface area contributed by atoms with E-state index in [1.807, 2.05) is 0 Å². The van der Waals surface area contributed by atoms with Gasteiger partial charge in [0.05, 0.1) is 18.2 Å². The lowest BCUT2D eigenvalue weighted by Crippen LogP contribution is -2.44. The van der Waals surface area contributed by atoms with Gasteiger partial charge in [-0.25, -0.2) is 4.39 Å². The molecule has 1 aromatic rings. The third kappa shape index (κ3) is 2.05. The smallest absolute Gasteiger partial charge is 0.257 e. The highest BCUT2D eigenvalue weighted by atomic mass is 19.1. The SMILES string of the molecule is CN1C(=O)c2ccc(F)cc2OC2CN(C(=O)C3CC3)CC21. The Morgan fingerprint density at radius 2 is 2.09 bits per heavy atom. The second-order valence-electron chi connectivity index (χ2n) is 6.30. The number of likely N-dealkylation sites (N-methyl/N-ethyl adjacent to an activating group) is 1. The maximum absolute atomic E-state index is 13.4. The first-order valence-electron chi connectivity index (χ1n) is 7.57. The zero-order valence-corrected chi connectivity index (χ0v) is 12.3. The molecule has 1 saturated heterocycles. The van der Waals surface area contributed by atoms with Crippen LogP contribution in [0.4, 0.5) is 4.39 Å². The normalized spacial score (nSPS) is 27.1. The number of rotatable bonds is 1. The second kappa shape index (κ2) is 4.69. The van der Waals surface area contributed by atoms with E-state index >= 15 is 0 Å². The van der Waals surface area contributed by atoms with Crippen LogP contribution in [-0.2, 0) is 4.79 Å². The van der Waals surface area contributed by atoms with Gasteiger partial charge in [0.2, 0.25) is 5.91 Å². The minimum atomic E-state index is -0.434. The molecule has 2 fully saturated rings. The number of fused-ring (bicyclic) bond motifs is 2. The molecule has 6 heteroatoms. The number of hydrogen-bond donors (Lipinski definition) is 0. The van der Waals surface area contributed by atoms with Crippen LogP contribution in [0.3, 0.4) is 0 Å². The van der Waals surface area contributed by atoms with Gasteiger partial charge in [-0.1, -0.05) is 0 Å². The summed E-state index contributed by atoms with van der Waals surface area (Å²) < 4.78 is 19.3. The first-order chi connectivity index (χ1) is 10.5. The molecule has 2 aliphatic heterocycles. The van der Waals surface area contributed by atoms with E-state index in [9.17, 15) is 14.0 Å². The van der Waals surface area contributed by atoms with Crippen LogP contribution in [-0.4, -0.2) is 53.9 Å². The molecule has 2 heterocycles. The molecule has 1 saturated carbocycles. The van der Waals surface area contributed by atoms with Gasteiger partial charge in [-0.15, -0.1) is 0 Å². The number of nitrogens with zero attached hydrogens (tertiary/aromatic N) is 2. The summed E-state index contributed by atoms with van der Waals surface area (Å²) in [6.45, 7) is 0.937. The van der Waals surface area contributed by atoms with Gasteiger partial charge in [-0.05, 0) is 25.0 Å². The lowest BCUT2D eigenvalue weighted by atomic mass is 10.1. The van der Waals surface area contributed by atoms with E-state index < -0.39 is 5.82 Å². The van der Waals surface area contributed by atoms with Crippen molar-refractivity contribution in [2.45, 2.75) is 25.0 Å². The highest BCUT2D eigenvalue weighted by Crippen LogP contribution is 2.35. The maximum Gasteiger partial charge on any atom is 0.257 e. The number of ether oxygens (including phenoxy) is 1. The van der Waals surface area contributed by atoms with Crippen LogP contribution in [0.25, 0.3) is 0 Å². The molecule has 3 aliphatic rings. The van der Waals surface area contributed by atoms with E-state index in [-0.39, 0.29) is 35.6 Å². The summed E-state index contributed by atoms with van der Waals surface area (Å²) in [4.78, 5) is 28.2. The van der Waals surface area contributed by atoms with Gasteiger partial charge in [0, 0.05) is 25.6 Å². The van der Waals surface area contributed by atoms with Gasteiger partial charge in [-0.3, -0.25) is 9.59 Å². The van der Waals surface area contributed by atoms with E-state index in [1.165, 1.54) is 18.2 Å². The van der Waals surface area contributed by atoms with Gasteiger partial charge in [0.1, 0.15) is 17.7 Å². The zero-order chi connectivity index (χ0) is 15.4. The lowest BCUT2D eigenvalue weighted by molar-refractivity contribution is -0.131. The third-order valence-electron chi connectivity index (χ3n) is 4.75. The van der Waals surface area contributed by atoms with Crippen molar-refractivity contribution >= 4 is 11.8 Å². The predicted molar refractivity (Wildman–Crippen MR) is 76.0 cm³/mol. The topological polar surface area (TPSA) is 49.9 Å². The van der Waals surface area contributed by atoms with Crippen molar-refractivity contribution in [1.29, 1.82) is 0 Å². The molecule has 22 heavy (non-hydrogen) atoms. The Bertz CT molecular complexity index is 659. The van der Waals surface area contributed by atoms with Gasteiger partial charge >= 0.3 is 0 Å². The Kier molecular flexibility index (Phi) is 2.89. The molecular weight excluding hydrogens is 287 g/mol. The Morgan fingerprint density at radius 1 is 1.32 bits per heavy atom. The number of amides is 2. The highest BCUT2D eigenvalue weighted by molar-refractivity contribution is 5.97. The van der Waals surface area contributed by atoms with Crippen molar-refractivity contribution in [1.82, 2.24) is 9.80 Å². The van der Waals surface area contributed by atoms with Crippen LogP contribution >= 0.6 is 0 Å². The fourth-order valence-electron chi connectivity index (χ4n) is 3.29. The molecule has 116 valence electrons. The molecule has 1 aromatic carbocycles. The number of carbonyl (C=O) groups is 2. The largest absolute Gasteiger partial charge is 0.485 e. The van der Waals surface area contributed by atoms with Crippen LogP contribution < -0.4 is 4.74 Å². The van der Waals surface area contributed by atoms with Crippen LogP contribution in [0.1, 0.15) is 23.2 Å². The monoisotopic (exact) mass is 304 g/mol. The molecule has 4 rings (SSSR count). The van der Waals surface area contributed by atoms with E-state index in [0.29, 0.717) is 18.7 Å². The minimum Gasteiger partial charge on any atom is -0.485 e. The summed E-state index contributed by atoms with van der Waals surface area (Å²) in [5.74, 6) is -0.0603. The average Bonchev–Trinajstić information content (AvgIpc) is 3.27. The number of halogens is 1. The Hall–Kier alpha value is -2.11. The first-order valence-corrected chi connectivity index (χ1v) is 7.57. The van der Waals surface area contributed by atoms with Crippen LogP contribution in [0.2, 0.25) is 0 Å². The summed E-state index contributed by atoms with van der Waals surface area (Å²) in [5.41, 5.74) is 0.373. The predicted octanol–water partition coefficient (Wildman–Crippen LogP) is 1.28. The maximum atomic E-state index is 13.4. The first kappa shape index (κ1) is 13.5. The molecule has 2 unspecified atom stereocenters. The van der Waals surface area contributed by atoms with Crippen molar-refractivity contribution in [3.8, 4) is 5.75 Å². The number of likely N-dealkylation sites (tertiary alicyclic amines) is 1. The lowest BCUT2D eigenvalue weighted by Gasteiger charge is -2.25. The van der Waals surface area contributed by atoms with Crippen LogP contribution in [0, 0.1) is 11.7 Å². The van der Waals surface area contributed by atoms with Gasteiger partial charge in [0.25, 0.3) is 5.91 Å². The number of benzene rings is 1. The molecule has 1 aliphatic carbocycles. The molecule has 2 amide bonds. The minimum absolute atomic E-state index is 0.146. The Labute approximate surface area is 127 Å². The van der Waals surface area contributed by atoms with E-state index in [1.54, 1.807) is 16.8 Å². The van der Waals surface area contributed by atoms with Gasteiger partial charge < -0.3 is 14.5 Å². The van der Waals surface area contributed by atoms with Crippen molar-refractivity contribution in [3.05, 3.63) is 29.6 Å². The molecular formula is C16H17FN2O3. The molecule has 0 bridgehead atoms. The molecule has 0 radical (unpaired) electrons. The zero-order valence-electron chi connectivity index (χ0n) is 12.3. The molecule has 0 spiro atoms. The molecule has 0 N–H and O–H groups in total. The summed E-state index contributed by atoms with van der Waals surface area (Å²) >= 11 is 0. The molecule has 0 aromatic heterocycles. The summed E-state index contributed by atoms with van der Waals surface area (Å²) in [6, 6.07) is 3.77.